The zero-order valence-corrected chi connectivity index (χ0v) is 10.7. The Bertz CT molecular complexity index is 347. The largest absolute Gasteiger partial charge is 0.461 e. The maximum atomic E-state index is 11.3. The van der Waals surface area contributed by atoms with Gasteiger partial charge in [-0.25, -0.2) is 23.4 Å². The fourth-order valence-electron chi connectivity index (χ4n) is 1.05. The molecule has 1 aromatic rings. The Balaban J connectivity index is 0.000000494. The lowest BCUT2D eigenvalue weighted by molar-refractivity contribution is -2.00. The van der Waals surface area contributed by atoms with Crippen molar-refractivity contribution in [3.8, 4) is 0 Å². The third kappa shape index (κ3) is 8.85. The first kappa shape index (κ1) is 16.8. The van der Waals surface area contributed by atoms with E-state index in [2.05, 4.69) is 0 Å². The van der Waals surface area contributed by atoms with Gasteiger partial charge in [0.2, 0.25) is 0 Å². The summed E-state index contributed by atoms with van der Waals surface area (Å²) in [5.41, 5.74) is 0. The number of esters is 1. The number of pyridine rings is 1. The summed E-state index contributed by atoms with van der Waals surface area (Å²) < 4.78 is 40.7. The topological polar surface area (TPSA) is 122 Å². The molecule has 0 amide bonds. The molecule has 0 aliphatic carbocycles. The van der Waals surface area contributed by atoms with Gasteiger partial charge in [0.05, 0.1) is 6.61 Å². The molecule has 1 rings (SSSR count). The summed E-state index contributed by atoms with van der Waals surface area (Å²) in [7, 11) is -4.94. The van der Waals surface area contributed by atoms with E-state index in [4.69, 9.17) is 23.4 Å². The molecule has 0 saturated heterocycles. The third-order valence-corrected chi connectivity index (χ3v) is 1.81. The predicted molar refractivity (Wildman–Crippen MR) is 48.0 cm³/mol. The Kier molecular flexibility index (Phi) is 7.41. The first-order valence-corrected chi connectivity index (χ1v) is 6.23. The SMILES string of the molecule is CCOC(=O)C(C)[n+]1ccccc1.[O-][Cl+3]([O-])([O-])[O-]. The van der Waals surface area contributed by atoms with Crippen molar-refractivity contribution >= 4 is 5.97 Å². The fourth-order valence-corrected chi connectivity index (χ4v) is 1.05. The molecule has 0 radical (unpaired) electrons. The average molecular weight is 280 g/mol. The standard InChI is InChI=1S/C10H14NO2.ClHO4/c1-3-13-10(12)9(2)11-7-5-4-6-8-11;2-1(3,4)5/h4-9H,3H2,1-2H3;(H,2,3,4,5)/q+1;/p-1. The van der Waals surface area contributed by atoms with Gasteiger partial charge in [-0.05, 0) is 6.92 Å². The van der Waals surface area contributed by atoms with Crippen LogP contribution in [0.1, 0.15) is 19.9 Å². The molecular formula is C10H14ClNO6. The predicted octanol–water partition coefficient (Wildman–Crippen LogP) is -3.66. The van der Waals surface area contributed by atoms with Gasteiger partial charge in [-0.3, -0.25) is 0 Å². The summed E-state index contributed by atoms with van der Waals surface area (Å²) in [5.74, 6) is -0.196. The minimum absolute atomic E-state index is 0.196. The molecule has 1 heterocycles. The van der Waals surface area contributed by atoms with Crippen LogP contribution in [-0.4, -0.2) is 12.6 Å². The second-order valence-corrected chi connectivity index (χ2v) is 3.88. The summed E-state index contributed by atoms with van der Waals surface area (Å²) in [5, 5.41) is 0. The monoisotopic (exact) mass is 279 g/mol. The second kappa shape index (κ2) is 7.96. The van der Waals surface area contributed by atoms with E-state index in [9.17, 15) is 4.79 Å². The Morgan fingerprint density at radius 3 is 2.06 bits per heavy atom. The highest BCUT2D eigenvalue weighted by Crippen LogP contribution is 1.97. The fraction of sp³-hybridized carbons (Fsp3) is 0.400. The Morgan fingerprint density at radius 2 is 1.67 bits per heavy atom. The quantitative estimate of drug-likeness (QED) is 0.415. The molecule has 1 atom stereocenters. The molecule has 0 bridgehead atoms. The van der Waals surface area contributed by atoms with Gasteiger partial charge >= 0.3 is 5.97 Å². The Morgan fingerprint density at radius 1 is 1.22 bits per heavy atom. The number of rotatable bonds is 3. The number of carbonyl (C=O) groups excluding carboxylic acids is 1. The Hall–Kier alpha value is -1.25. The molecule has 0 aliphatic rings. The number of nitrogens with zero attached hydrogens (tertiary/aromatic N) is 1. The molecule has 0 fully saturated rings. The first-order valence-electron chi connectivity index (χ1n) is 5.00. The molecule has 7 nitrogen and oxygen atoms in total. The summed E-state index contributed by atoms with van der Waals surface area (Å²) >= 11 is 0. The van der Waals surface area contributed by atoms with E-state index >= 15 is 0 Å². The lowest BCUT2D eigenvalue weighted by Gasteiger charge is -2.17. The van der Waals surface area contributed by atoms with Crippen LogP contribution in [0.2, 0.25) is 0 Å². The summed E-state index contributed by atoms with van der Waals surface area (Å²) in [6.07, 6.45) is 3.70. The average Bonchev–Trinajstić information content (AvgIpc) is 2.27. The first-order chi connectivity index (χ1) is 8.25. The highest BCUT2D eigenvalue weighted by atomic mass is 35.7. The molecule has 0 aliphatic heterocycles. The van der Waals surface area contributed by atoms with Crippen LogP contribution < -0.4 is 23.2 Å². The van der Waals surface area contributed by atoms with Gasteiger partial charge in [0.15, 0.2) is 12.4 Å². The highest BCUT2D eigenvalue weighted by molar-refractivity contribution is 5.71. The van der Waals surface area contributed by atoms with Crippen molar-refractivity contribution in [1.29, 1.82) is 0 Å². The minimum atomic E-state index is -4.94. The zero-order chi connectivity index (χ0) is 14.2. The van der Waals surface area contributed by atoms with Crippen molar-refractivity contribution in [3.63, 3.8) is 0 Å². The number of aromatic nitrogens is 1. The molecule has 0 aromatic carbocycles. The van der Waals surface area contributed by atoms with E-state index in [1.54, 1.807) is 6.92 Å². The second-order valence-electron chi connectivity index (χ2n) is 3.13. The van der Waals surface area contributed by atoms with Crippen LogP contribution in [0.25, 0.3) is 0 Å². The molecule has 8 heteroatoms. The summed E-state index contributed by atoms with van der Waals surface area (Å²) in [6.45, 7) is 4.05. The van der Waals surface area contributed by atoms with Gasteiger partial charge in [0.25, 0.3) is 6.04 Å². The highest BCUT2D eigenvalue weighted by Gasteiger charge is 2.21. The maximum absolute atomic E-state index is 11.3. The van der Waals surface area contributed by atoms with Gasteiger partial charge in [-0.1, -0.05) is 6.07 Å². The van der Waals surface area contributed by atoms with Crippen molar-refractivity contribution < 1.29 is 43.0 Å². The summed E-state index contributed by atoms with van der Waals surface area (Å²) in [6, 6.07) is 5.43. The van der Waals surface area contributed by atoms with E-state index < -0.39 is 10.2 Å². The van der Waals surface area contributed by atoms with Crippen LogP contribution in [0.5, 0.6) is 0 Å². The van der Waals surface area contributed by atoms with Crippen LogP contribution in [0.3, 0.4) is 0 Å². The van der Waals surface area contributed by atoms with Crippen LogP contribution in [-0.2, 0) is 9.53 Å². The van der Waals surface area contributed by atoms with Gasteiger partial charge in [-0.2, -0.15) is 4.57 Å². The van der Waals surface area contributed by atoms with E-state index in [-0.39, 0.29) is 12.0 Å². The molecule has 0 N–H and O–H groups in total. The zero-order valence-electron chi connectivity index (χ0n) is 9.95. The van der Waals surface area contributed by atoms with E-state index in [1.807, 2.05) is 42.1 Å². The van der Waals surface area contributed by atoms with Crippen molar-refractivity contribution in [1.82, 2.24) is 0 Å². The van der Waals surface area contributed by atoms with E-state index in [1.165, 1.54) is 0 Å². The van der Waals surface area contributed by atoms with E-state index in [0.717, 1.165) is 0 Å². The van der Waals surface area contributed by atoms with Crippen molar-refractivity contribution in [3.05, 3.63) is 30.6 Å². The number of ether oxygens (including phenoxy) is 1. The van der Waals surface area contributed by atoms with Crippen molar-refractivity contribution in [2.75, 3.05) is 6.61 Å². The third-order valence-electron chi connectivity index (χ3n) is 1.81. The number of carbonyl (C=O) groups is 1. The number of hydrogen-bond acceptors (Lipinski definition) is 6. The molecular weight excluding hydrogens is 266 g/mol. The van der Waals surface area contributed by atoms with Gasteiger partial charge in [0.1, 0.15) is 0 Å². The molecule has 0 saturated carbocycles. The van der Waals surface area contributed by atoms with Crippen molar-refractivity contribution in [2.45, 2.75) is 19.9 Å². The van der Waals surface area contributed by atoms with Crippen LogP contribution in [0, 0.1) is 10.2 Å². The lowest BCUT2D eigenvalue weighted by atomic mass is 10.3. The van der Waals surface area contributed by atoms with Gasteiger partial charge < -0.3 is 4.74 Å². The maximum Gasteiger partial charge on any atom is 0.375 e. The normalized spacial score (nSPS) is 12.1. The minimum Gasteiger partial charge on any atom is -0.461 e. The number of halogens is 1. The molecule has 18 heavy (non-hydrogen) atoms. The van der Waals surface area contributed by atoms with E-state index in [0.29, 0.717) is 6.61 Å². The lowest BCUT2D eigenvalue weighted by Crippen LogP contribution is -2.68. The molecule has 0 spiro atoms. The van der Waals surface area contributed by atoms with Gasteiger partial charge in [-0.15, -0.1) is 10.2 Å². The molecule has 1 aromatic heterocycles. The smallest absolute Gasteiger partial charge is 0.375 e. The van der Waals surface area contributed by atoms with Crippen LogP contribution >= 0.6 is 0 Å². The molecule has 102 valence electrons. The van der Waals surface area contributed by atoms with Crippen molar-refractivity contribution in [2.24, 2.45) is 0 Å². The number of hydrogen-bond donors (Lipinski definition) is 0. The Labute approximate surface area is 107 Å². The van der Waals surface area contributed by atoms with Gasteiger partial charge in [0, 0.05) is 19.1 Å². The van der Waals surface area contributed by atoms with Crippen LogP contribution in [0.4, 0.5) is 0 Å². The summed E-state index contributed by atoms with van der Waals surface area (Å²) in [4.78, 5) is 11.3. The van der Waals surface area contributed by atoms with Crippen LogP contribution in [0.15, 0.2) is 30.6 Å². The molecule has 1 unspecified atom stereocenters.